The summed E-state index contributed by atoms with van der Waals surface area (Å²) in [4.78, 5) is 2.47. The van der Waals surface area contributed by atoms with E-state index < -0.39 is 0 Å². The fraction of sp³-hybridized carbons (Fsp3) is 0.333. The van der Waals surface area contributed by atoms with Gasteiger partial charge in [-0.05, 0) is 79.6 Å². The number of rotatable bonds is 6. The molecule has 1 aliphatic carbocycles. The molecule has 0 unspecified atom stereocenters. The van der Waals surface area contributed by atoms with Gasteiger partial charge in [-0.15, -0.1) is 0 Å². The fourth-order valence-corrected chi connectivity index (χ4v) is 5.20. The van der Waals surface area contributed by atoms with Gasteiger partial charge in [-0.3, -0.25) is 4.90 Å². The molecule has 0 N–H and O–H groups in total. The van der Waals surface area contributed by atoms with Gasteiger partial charge in [0.2, 0.25) is 0 Å². The molecule has 3 aromatic carbocycles. The number of aryl methyl sites for hydroxylation is 1. The Hall–Kier alpha value is -2.29. The molecule has 3 aromatic rings. The first-order valence-corrected chi connectivity index (χ1v) is 11.5. The van der Waals surface area contributed by atoms with Crippen LogP contribution in [-0.2, 0) is 12.8 Å². The number of halogens is 1. The number of benzene rings is 3. The van der Waals surface area contributed by atoms with Crippen molar-refractivity contribution >= 4 is 11.6 Å². The van der Waals surface area contributed by atoms with Crippen molar-refractivity contribution in [3.63, 3.8) is 0 Å². The van der Waals surface area contributed by atoms with Crippen molar-refractivity contribution in [1.82, 2.24) is 4.90 Å². The molecule has 0 atom stereocenters. The molecular formula is C27H28ClNO. The largest absolute Gasteiger partial charge is 0.492 e. The van der Waals surface area contributed by atoms with Gasteiger partial charge >= 0.3 is 0 Å². The number of nitrogens with zero attached hydrogens (tertiary/aromatic N) is 1. The summed E-state index contributed by atoms with van der Waals surface area (Å²) in [5.41, 5.74) is 7.58. The Balaban J connectivity index is 1.35. The summed E-state index contributed by atoms with van der Waals surface area (Å²) < 4.78 is 5.96. The van der Waals surface area contributed by atoms with Gasteiger partial charge in [-0.2, -0.15) is 0 Å². The summed E-state index contributed by atoms with van der Waals surface area (Å²) in [6, 6.07) is 21.4. The van der Waals surface area contributed by atoms with Gasteiger partial charge in [-0.1, -0.05) is 60.1 Å². The maximum Gasteiger partial charge on any atom is 0.119 e. The van der Waals surface area contributed by atoms with E-state index >= 15 is 0 Å². The van der Waals surface area contributed by atoms with Gasteiger partial charge in [0.05, 0.1) is 5.02 Å². The quantitative estimate of drug-likeness (QED) is 0.445. The first-order chi connectivity index (χ1) is 14.8. The zero-order valence-electron chi connectivity index (χ0n) is 17.4. The summed E-state index contributed by atoms with van der Waals surface area (Å²) >= 11 is 6.94. The van der Waals surface area contributed by atoms with Crippen LogP contribution in [0.1, 0.15) is 30.4 Å². The first kappa shape index (κ1) is 19.7. The summed E-state index contributed by atoms with van der Waals surface area (Å²) in [6.45, 7) is 4.18. The molecule has 0 amide bonds. The zero-order valence-corrected chi connectivity index (χ0v) is 18.1. The molecule has 2 nitrogen and oxygen atoms in total. The number of fused-ring (bicyclic) bond motifs is 1. The minimum absolute atomic E-state index is 0.745. The Labute approximate surface area is 184 Å². The normalized spacial score (nSPS) is 16.0. The predicted molar refractivity (Wildman–Crippen MR) is 126 cm³/mol. The van der Waals surface area contributed by atoms with Crippen LogP contribution in [0, 0.1) is 0 Å². The van der Waals surface area contributed by atoms with Crippen molar-refractivity contribution in [3.8, 4) is 28.0 Å². The molecule has 5 rings (SSSR count). The lowest BCUT2D eigenvalue weighted by Crippen LogP contribution is -2.25. The van der Waals surface area contributed by atoms with Crippen LogP contribution in [-0.4, -0.2) is 31.1 Å². The molecule has 154 valence electrons. The van der Waals surface area contributed by atoms with E-state index in [0.717, 1.165) is 47.0 Å². The van der Waals surface area contributed by atoms with Gasteiger partial charge in [0.15, 0.2) is 0 Å². The second-order valence-electron chi connectivity index (χ2n) is 8.39. The van der Waals surface area contributed by atoms with E-state index in [4.69, 9.17) is 16.3 Å². The maximum atomic E-state index is 6.94. The molecule has 1 aliphatic heterocycles. The van der Waals surface area contributed by atoms with Crippen LogP contribution in [0.3, 0.4) is 0 Å². The van der Waals surface area contributed by atoms with Gasteiger partial charge in [0, 0.05) is 17.7 Å². The third kappa shape index (κ3) is 3.99. The van der Waals surface area contributed by atoms with Gasteiger partial charge < -0.3 is 4.74 Å². The minimum atomic E-state index is 0.745. The number of hydrogen-bond donors (Lipinski definition) is 0. The monoisotopic (exact) mass is 417 g/mol. The second kappa shape index (κ2) is 8.83. The Kier molecular flexibility index (Phi) is 5.79. The number of ether oxygens (including phenoxy) is 1. The van der Waals surface area contributed by atoms with E-state index in [9.17, 15) is 0 Å². The lowest BCUT2D eigenvalue weighted by Gasteiger charge is -2.15. The van der Waals surface area contributed by atoms with E-state index in [1.54, 1.807) is 0 Å². The summed E-state index contributed by atoms with van der Waals surface area (Å²) in [6.07, 6.45) is 6.21. The summed E-state index contributed by atoms with van der Waals surface area (Å²) in [5.74, 6) is 0.922. The highest BCUT2D eigenvalue weighted by atomic mass is 35.5. The van der Waals surface area contributed by atoms with Crippen LogP contribution in [0.4, 0.5) is 0 Å². The topological polar surface area (TPSA) is 12.5 Å². The molecule has 2 aliphatic rings. The van der Waals surface area contributed by atoms with E-state index in [2.05, 4.69) is 65.6 Å². The molecule has 1 fully saturated rings. The number of likely N-dealkylation sites (tertiary alicyclic amines) is 1. The van der Waals surface area contributed by atoms with Crippen molar-refractivity contribution in [2.45, 2.75) is 32.1 Å². The van der Waals surface area contributed by atoms with Gasteiger partial charge in [-0.25, -0.2) is 0 Å². The molecule has 0 bridgehead atoms. The van der Waals surface area contributed by atoms with Crippen LogP contribution in [0.5, 0.6) is 5.75 Å². The first-order valence-electron chi connectivity index (χ1n) is 11.1. The van der Waals surface area contributed by atoms with Crippen molar-refractivity contribution in [2.24, 2.45) is 0 Å². The van der Waals surface area contributed by atoms with Crippen LogP contribution in [0.2, 0.25) is 5.02 Å². The molecule has 0 radical (unpaired) electrons. The van der Waals surface area contributed by atoms with Crippen molar-refractivity contribution in [2.75, 3.05) is 26.2 Å². The van der Waals surface area contributed by atoms with Gasteiger partial charge in [0.1, 0.15) is 12.4 Å². The Morgan fingerprint density at radius 3 is 2.33 bits per heavy atom. The lowest BCUT2D eigenvalue weighted by atomic mass is 9.94. The van der Waals surface area contributed by atoms with E-state index in [1.165, 1.54) is 55.5 Å². The molecule has 1 heterocycles. The second-order valence-corrected chi connectivity index (χ2v) is 8.76. The third-order valence-electron chi connectivity index (χ3n) is 6.48. The Bertz CT molecular complexity index is 1020. The van der Waals surface area contributed by atoms with E-state index in [-0.39, 0.29) is 0 Å². The molecule has 1 saturated heterocycles. The number of hydrogen-bond acceptors (Lipinski definition) is 2. The lowest BCUT2D eigenvalue weighted by molar-refractivity contribution is 0.238. The minimum Gasteiger partial charge on any atom is -0.492 e. The molecule has 0 aromatic heterocycles. The average molecular weight is 418 g/mol. The van der Waals surface area contributed by atoms with Crippen LogP contribution < -0.4 is 4.74 Å². The molecular weight excluding hydrogens is 390 g/mol. The third-order valence-corrected chi connectivity index (χ3v) is 6.88. The maximum absolute atomic E-state index is 6.94. The fourth-order valence-electron chi connectivity index (χ4n) is 4.86. The predicted octanol–water partition coefficient (Wildman–Crippen LogP) is 6.64. The van der Waals surface area contributed by atoms with E-state index in [0.29, 0.717) is 0 Å². The summed E-state index contributed by atoms with van der Waals surface area (Å²) in [7, 11) is 0. The van der Waals surface area contributed by atoms with Gasteiger partial charge in [0.25, 0.3) is 0 Å². The standard InChI is InChI=1S/C27H28ClNO/c28-27-24(9-5-11-26(27)25-10-4-7-20-6-3-8-23(20)25)21-12-14-22(15-13-21)30-19-18-29-16-1-2-17-29/h4-5,7,9-15H,1-3,6,8,16-19H2. The average Bonchev–Trinajstić information content (AvgIpc) is 3.46. The molecule has 30 heavy (non-hydrogen) atoms. The smallest absolute Gasteiger partial charge is 0.119 e. The van der Waals surface area contributed by atoms with Crippen molar-refractivity contribution in [3.05, 3.63) is 76.8 Å². The highest BCUT2D eigenvalue weighted by Crippen LogP contribution is 2.40. The van der Waals surface area contributed by atoms with Crippen molar-refractivity contribution in [1.29, 1.82) is 0 Å². The highest BCUT2D eigenvalue weighted by Gasteiger charge is 2.18. The van der Waals surface area contributed by atoms with Crippen molar-refractivity contribution < 1.29 is 4.74 Å². The summed E-state index contributed by atoms with van der Waals surface area (Å²) in [5, 5.41) is 0.834. The zero-order chi connectivity index (χ0) is 20.3. The van der Waals surface area contributed by atoms with Crippen LogP contribution in [0.15, 0.2) is 60.7 Å². The SMILES string of the molecule is Clc1c(-c2ccc(OCCN3CCCC3)cc2)cccc1-c1cccc2c1CCC2. The Morgan fingerprint density at radius 1 is 0.767 bits per heavy atom. The highest BCUT2D eigenvalue weighted by molar-refractivity contribution is 6.36. The molecule has 3 heteroatoms. The molecule has 0 saturated carbocycles. The van der Waals surface area contributed by atoms with Crippen LogP contribution in [0.25, 0.3) is 22.3 Å². The Morgan fingerprint density at radius 2 is 1.50 bits per heavy atom. The van der Waals surface area contributed by atoms with Crippen LogP contribution >= 0.6 is 11.6 Å². The van der Waals surface area contributed by atoms with E-state index in [1.807, 2.05) is 0 Å². The molecule has 0 spiro atoms.